The number of carbonyl (C=O) groups is 1. The smallest absolute Gasteiger partial charge is 0.338 e. The molecule has 0 aromatic heterocycles. The average Bonchev–Trinajstić information content (AvgIpc) is 2.69. The molecule has 0 bridgehead atoms. The van der Waals surface area contributed by atoms with Gasteiger partial charge in [-0.05, 0) is 42.5 Å². The Hall–Kier alpha value is -1.35. The number of aryl methyl sites for hydroxylation is 2. The Morgan fingerprint density at radius 2 is 2.12 bits per heavy atom. The number of fused-ring (bicyclic) bond motifs is 1. The van der Waals surface area contributed by atoms with Gasteiger partial charge >= 0.3 is 5.97 Å². The van der Waals surface area contributed by atoms with Crippen LogP contribution < -0.4 is 0 Å². The molecule has 1 aromatic rings. The zero-order valence-corrected chi connectivity index (χ0v) is 9.87. The van der Waals surface area contributed by atoms with Crippen LogP contribution in [0.5, 0.6) is 0 Å². The highest BCUT2D eigenvalue weighted by Crippen LogP contribution is 2.35. The minimum Gasteiger partial charge on any atom is -0.465 e. The second-order valence-corrected chi connectivity index (χ2v) is 4.12. The minimum absolute atomic E-state index is 0.181. The Bertz CT molecular complexity index is 423. The maximum absolute atomic E-state index is 11.5. The van der Waals surface area contributed by atoms with E-state index in [0.29, 0.717) is 5.56 Å². The number of hydrogen-bond donors (Lipinski definition) is 0. The van der Waals surface area contributed by atoms with E-state index in [0.717, 1.165) is 18.4 Å². The molecule has 0 fully saturated rings. The van der Waals surface area contributed by atoms with E-state index >= 15 is 0 Å². The molecule has 0 saturated carbocycles. The molecule has 1 aliphatic carbocycles. The zero-order valence-electron chi connectivity index (χ0n) is 9.87. The molecule has 0 saturated heterocycles. The van der Waals surface area contributed by atoms with Crippen LogP contribution in [0.25, 0.3) is 0 Å². The molecule has 0 aliphatic heterocycles. The maximum atomic E-state index is 11.5. The van der Waals surface area contributed by atoms with Crippen LogP contribution in [0.1, 0.15) is 39.6 Å². The van der Waals surface area contributed by atoms with Crippen molar-refractivity contribution in [1.29, 1.82) is 0 Å². The summed E-state index contributed by atoms with van der Waals surface area (Å²) in [5.41, 5.74) is 4.04. The van der Waals surface area contributed by atoms with Gasteiger partial charge in [0.25, 0.3) is 0 Å². The van der Waals surface area contributed by atoms with Crippen LogP contribution in [-0.4, -0.2) is 20.2 Å². The lowest BCUT2D eigenvalue weighted by atomic mass is 10.0. The van der Waals surface area contributed by atoms with Crippen LogP contribution in [-0.2, 0) is 15.9 Å². The first kappa shape index (κ1) is 11.1. The second-order valence-electron chi connectivity index (χ2n) is 4.12. The van der Waals surface area contributed by atoms with Crippen LogP contribution in [0.3, 0.4) is 0 Å². The molecular formula is C13H16O3. The zero-order chi connectivity index (χ0) is 11.7. The normalized spacial score (nSPS) is 18.3. The van der Waals surface area contributed by atoms with Crippen molar-refractivity contribution in [1.82, 2.24) is 0 Å². The van der Waals surface area contributed by atoms with E-state index in [1.54, 1.807) is 7.11 Å². The Morgan fingerprint density at radius 1 is 1.38 bits per heavy atom. The first-order valence-corrected chi connectivity index (χ1v) is 5.42. The molecule has 0 amide bonds. The molecule has 16 heavy (non-hydrogen) atoms. The van der Waals surface area contributed by atoms with E-state index in [2.05, 4.69) is 0 Å². The van der Waals surface area contributed by atoms with E-state index in [4.69, 9.17) is 9.47 Å². The summed E-state index contributed by atoms with van der Waals surface area (Å²) in [4.78, 5) is 11.5. The van der Waals surface area contributed by atoms with Crippen molar-refractivity contribution in [3.05, 3.63) is 34.4 Å². The number of rotatable bonds is 2. The lowest BCUT2D eigenvalue weighted by molar-refractivity contribution is 0.0599. The predicted molar refractivity (Wildman–Crippen MR) is 60.6 cm³/mol. The molecule has 3 nitrogen and oxygen atoms in total. The van der Waals surface area contributed by atoms with E-state index < -0.39 is 0 Å². The molecule has 1 aliphatic rings. The number of esters is 1. The highest BCUT2D eigenvalue weighted by molar-refractivity contribution is 5.91. The van der Waals surface area contributed by atoms with Crippen molar-refractivity contribution < 1.29 is 14.3 Å². The quantitative estimate of drug-likeness (QED) is 0.718. The summed E-state index contributed by atoms with van der Waals surface area (Å²) in [6, 6.07) is 3.98. The number of methoxy groups -OCH3 is 2. The summed E-state index contributed by atoms with van der Waals surface area (Å²) in [6.07, 6.45) is 2.15. The van der Waals surface area contributed by atoms with Gasteiger partial charge in [-0.2, -0.15) is 0 Å². The summed E-state index contributed by atoms with van der Waals surface area (Å²) in [7, 11) is 3.14. The topological polar surface area (TPSA) is 35.5 Å². The largest absolute Gasteiger partial charge is 0.465 e. The average molecular weight is 220 g/mol. The Morgan fingerprint density at radius 3 is 2.75 bits per heavy atom. The van der Waals surface area contributed by atoms with Gasteiger partial charge in [0.2, 0.25) is 0 Å². The van der Waals surface area contributed by atoms with Crippen molar-refractivity contribution in [2.45, 2.75) is 25.9 Å². The summed E-state index contributed by atoms with van der Waals surface area (Å²) in [5.74, 6) is -0.263. The molecule has 86 valence electrons. The number of ether oxygens (including phenoxy) is 2. The first-order chi connectivity index (χ1) is 7.67. The number of hydrogen-bond acceptors (Lipinski definition) is 3. The van der Waals surface area contributed by atoms with Crippen LogP contribution in [0.2, 0.25) is 0 Å². The summed E-state index contributed by atoms with van der Waals surface area (Å²) < 4.78 is 10.2. The summed E-state index contributed by atoms with van der Waals surface area (Å²) in [5, 5.41) is 0. The van der Waals surface area contributed by atoms with Crippen molar-refractivity contribution in [3.8, 4) is 0 Å². The third-order valence-electron chi connectivity index (χ3n) is 3.20. The van der Waals surface area contributed by atoms with Crippen LogP contribution in [0.15, 0.2) is 12.1 Å². The highest BCUT2D eigenvalue weighted by Gasteiger charge is 2.24. The van der Waals surface area contributed by atoms with Crippen molar-refractivity contribution in [2.75, 3.05) is 14.2 Å². The lowest BCUT2D eigenvalue weighted by Gasteiger charge is -2.11. The van der Waals surface area contributed by atoms with Gasteiger partial charge in [0.1, 0.15) is 0 Å². The van der Waals surface area contributed by atoms with E-state index in [1.165, 1.54) is 18.2 Å². The SMILES string of the molecule is COC(=O)c1cc2c(cc1C)C(OC)CC2. The molecule has 0 heterocycles. The van der Waals surface area contributed by atoms with Gasteiger partial charge in [-0.15, -0.1) is 0 Å². The molecule has 3 heteroatoms. The predicted octanol–water partition coefficient (Wildman–Crippen LogP) is 2.42. The van der Waals surface area contributed by atoms with E-state index in [1.807, 2.05) is 19.1 Å². The molecule has 0 radical (unpaired) electrons. The standard InChI is InChI=1S/C13H16O3/c1-8-6-11-9(4-5-12(11)15-2)7-10(8)13(14)16-3/h6-7,12H,4-5H2,1-3H3. The Kier molecular flexibility index (Phi) is 2.97. The van der Waals surface area contributed by atoms with E-state index in [-0.39, 0.29) is 12.1 Å². The lowest BCUT2D eigenvalue weighted by Crippen LogP contribution is -2.06. The van der Waals surface area contributed by atoms with Crippen LogP contribution in [0, 0.1) is 6.92 Å². The summed E-state index contributed by atoms with van der Waals surface area (Å²) >= 11 is 0. The fraction of sp³-hybridized carbons (Fsp3) is 0.462. The van der Waals surface area contributed by atoms with Crippen molar-refractivity contribution in [3.63, 3.8) is 0 Å². The van der Waals surface area contributed by atoms with E-state index in [9.17, 15) is 4.79 Å². The van der Waals surface area contributed by atoms with Gasteiger partial charge in [-0.1, -0.05) is 6.07 Å². The minimum atomic E-state index is -0.263. The molecule has 0 N–H and O–H groups in total. The van der Waals surface area contributed by atoms with Crippen LogP contribution >= 0.6 is 0 Å². The summed E-state index contributed by atoms with van der Waals surface area (Å²) in [6.45, 7) is 1.93. The Balaban J connectivity index is 2.44. The fourth-order valence-corrected chi connectivity index (χ4v) is 2.31. The monoisotopic (exact) mass is 220 g/mol. The molecule has 0 spiro atoms. The molecule has 2 rings (SSSR count). The third-order valence-corrected chi connectivity index (χ3v) is 3.20. The van der Waals surface area contributed by atoms with Gasteiger partial charge in [-0.3, -0.25) is 0 Å². The third kappa shape index (κ3) is 1.71. The Labute approximate surface area is 95.4 Å². The van der Waals surface area contributed by atoms with Gasteiger partial charge in [-0.25, -0.2) is 4.79 Å². The fourth-order valence-electron chi connectivity index (χ4n) is 2.31. The first-order valence-electron chi connectivity index (χ1n) is 5.42. The van der Waals surface area contributed by atoms with Crippen LogP contribution in [0.4, 0.5) is 0 Å². The van der Waals surface area contributed by atoms with Gasteiger partial charge in [0.05, 0.1) is 18.8 Å². The molecule has 1 unspecified atom stereocenters. The molecule has 1 atom stereocenters. The van der Waals surface area contributed by atoms with Crippen molar-refractivity contribution in [2.24, 2.45) is 0 Å². The maximum Gasteiger partial charge on any atom is 0.338 e. The van der Waals surface area contributed by atoms with Crippen molar-refractivity contribution >= 4 is 5.97 Å². The highest BCUT2D eigenvalue weighted by atomic mass is 16.5. The van der Waals surface area contributed by atoms with Gasteiger partial charge in [0.15, 0.2) is 0 Å². The van der Waals surface area contributed by atoms with Gasteiger partial charge < -0.3 is 9.47 Å². The second kappa shape index (κ2) is 4.26. The van der Waals surface area contributed by atoms with Gasteiger partial charge in [0, 0.05) is 7.11 Å². The number of benzene rings is 1. The molecule has 1 aromatic carbocycles. The molecular weight excluding hydrogens is 204 g/mol. The number of carbonyl (C=O) groups excluding carboxylic acids is 1.